The summed E-state index contributed by atoms with van der Waals surface area (Å²) in [5, 5.41) is 16.8. The highest BCUT2D eigenvalue weighted by molar-refractivity contribution is 7.09. The van der Waals surface area contributed by atoms with E-state index in [1.54, 1.807) is 18.3 Å². The largest absolute Gasteiger partial charge is 0.478 e. The van der Waals surface area contributed by atoms with E-state index in [0.29, 0.717) is 13.1 Å². The summed E-state index contributed by atoms with van der Waals surface area (Å²) in [5.41, 5.74) is 1.06. The van der Waals surface area contributed by atoms with Crippen molar-refractivity contribution < 1.29 is 14.7 Å². The number of nitrogens with one attached hydrogen (secondary N) is 2. The molecule has 2 rings (SSSR count). The summed E-state index contributed by atoms with van der Waals surface area (Å²) >= 11 is 1.47. The van der Waals surface area contributed by atoms with Gasteiger partial charge in [-0.05, 0) is 17.7 Å². The second kappa shape index (κ2) is 6.67. The topological polar surface area (TPSA) is 91.3 Å². The molecule has 2 aromatic rings. The molecule has 0 bridgehead atoms. The van der Waals surface area contributed by atoms with Crippen LogP contribution in [0.2, 0.25) is 0 Å². The van der Waals surface area contributed by atoms with Crippen LogP contribution in [-0.2, 0) is 13.1 Å². The molecule has 6 nitrogen and oxygen atoms in total. The van der Waals surface area contributed by atoms with Crippen molar-refractivity contribution in [2.24, 2.45) is 0 Å². The van der Waals surface area contributed by atoms with Crippen LogP contribution in [0, 0.1) is 0 Å². The molecule has 0 aliphatic rings. The summed E-state index contributed by atoms with van der Waals surface area (Å²) in [6.07, 6.45) is 1.68. The molecule has 0 aliphatic heterocycles. The van der Waals surface area contributed by atoms with E-state index in [2.05, 4.69) is 15.6 Å². The zero-order valence-electron chi connectivity index (χ0n) is 10.5. The molecule has 1 aromatic carbocycles. The molecule has 104 valence electrons. The van der Waals surface area contributed by atoms with Crippen molar-refractivity contribution in [2.75, 3.05) is 0 Å². The number of hydrogen-bond acceptors (Lipinski definition) is 4. The number of thiazole rings is 1. The summed E-state index contributed by atoms with van der Waals surface area (Å²) in [6.45, 7) is 0.727. The van der Waals surface area contributed by atoms with Gasteiger partial charge < -0.3 is 15.7 Å². The molecule has 0 atom stereocenters. The van der Waals surface area contributed by atoms with Gasteiger partial charge in [-0.3, -0.25) is 0 Å². The van der Waals surface area contributed by atoms with Crippen molar-refractivity contribution in [3.8, 4) is 0 Å². The molecule has 0 spiro atoms. The average molecular weight is 291 g/mol. The number of nitrogens with zero attached hydrogens (tertiary/aromatic N) is 1. The maximum absolute atomic E-state index is 11.5. The van der Waals surface area contributed by atoms with Crippen LogP contribution >= 0.6 is 11.3 Å². The van der Waals surface area contributed by atoms with Crippen molar-refractivity contribution in [2.45, 2.75) is 13.1 Å². The van der Waals surface area contributed by atoms with E-state index in [9.17, 15) is 9.59 Å². The lowest BCUT2D eigenvalue weighted by molar-refractivity contribution is 0.0697. The van der Waals surface area contributed by atoms with Crippen molar-refractivity contribution >= 4 is 23.3 Å². The van der Waals surface area contributed by atoms with E-state index >= 15 is 0 Å². The molecule has 3 N–H and O–H groups in total. The predicted octanol–water partition coefficient (Wildman–Crippen LogP) is 1.84. The van der Waals surface area contributed by atoms with Crippen LogP contribution in [0.3, 0.4) is 0 Å². The number of urea groups is 1. The van der Waals surface area contributed by atoms with Crippen molar-refractivity contribution in [1.29, 1.82) is 0 Å². The minimum atomic E-state index is -0.967. The molecule has 20 heavy (non-hydrogen) atoms. The van der Waals surface area contributed by atoms with Gasteiger partial charge in [0.1, 0.15) is 5.01 Å². The van der Waals surface area contributed by atoms with Crippen molar-refractivity contribution in [3.63, 3.8) is 0 Å². The van der Waals surface area contributed by atoms with Gasteiger partial charge in [-0.15, -0.1) is 11.3 Å². The first kappa shape index (κ1) is 14.0. The summed E-state index contributed by atoms with van der Waals surface area (Å²) in [6, 6.07) is 6.07. The van der Waals surface area contributed by atoms with Gasteiger partial charge in [-0.2, -0.15) is 0 Å². The number of benzene rings is 1. The molecular weight excluding hydrogens is 278 g/mol. The number of aromatic nitrogens is 1. The van der Waals surface area contributed by atoms with Gasteiger partial charge in [0.2, 0.25) is 0 Å². The Labute approximate surface area is 119 Å². The first-order valence-corrected chi connectivity index (χ1v) is 6.75. The third-order valence-electron chi connectivity index (χ3n) is 2.54. The van der Waals surface area contributed by atoms with Crippen LogP contribution in [0.25, 0.3) is 0 Å². The van der Waals surface area contributed by atoms with E-state index in [4.69, 9.17) is 5.11 Å². The number of carbonyl (C=O) groups excluding carboxylic acids is 1. The Balaban J connectivity index is 1.76. The van der Waals surface area contributed by atoms with E-state index in [0.717, 1.165) is 10.6 Å². The third-order valence-corrected chi connectivity index (χ3v) is 3.32. The molecule has 0 saturated heterocycles. The summed E-state index contributed by atoms with van der Waals surface area (Å²) in [4.78, 5) is 26.3. The molecular formula is C13H13N3O3S. The van der Waals surface area contributed by atoms with E-state index in [-0.39, 0.29) is 11.6 Å². The van der Waals surface area contributed by atoms with Crippen LogP contribution < -0.4 is 10.6 Å². The monoisotopic (exact) mass is 291 g/mol. The third kappa shape index (κ3) is 4.06. The summed E-state index contributed by atoms with van der Waals surface area (Å²) in [7, 11) is 0. The predicted molar refractivity (Wildman–Crippen MR) is 74.6 cm³/mol. The van der Waals surface area contributed by atoms with Crippen LogP contribution in [0.15, 0.2) is 35.8 Å². The first-order chi connectivity index (χ1) is 9.65. The van der Waals surface area contributed by atoms with Gasteiger partial charge in [-0.25, -0.2) is 14.6 Å². The highest BCUT2D eigenvalue weighted by atomic mass is 32.1. The Bertz CT molecular complexity index is 581. The molecule has 0 aliphatic carbocycles. The quantitative estimate of drug-likeness (QED) is 0.784. The van der Waals surface area contributed by atoms with E-state index in [1.807, 2.05) is 5.38 Å². The smallest absolute Gasteiger partial charge is 0.335 e. The average Bonchev–Trinajstić information content (AvgIpc) is 2.96. The highest BCUT2D eigenvalue weighted by Crippen LogP contribution is 2.04. The van der Waals surface area contributed by atoms with E-state index < -0.39 is 5.97 Å². The molecule has 1 heterocycles. The highest BCUT2D eigenvalue weighted by Gasteiger charge is 2.04. The van der Waals surface area contributed by atoms with Gasteiger partial charge in [0.15, 0.2) is 0 Å². The second-order valence-electron chi connectivity index (χ2n) is 3.96. The van der Waals surface area contributed by atoms with Crippen LogP contribution in [0.1, 0.15) is 20.9 Å². The van der Waals surface area contributed by atoms with Crippen molar-refractivity contribution in [1.82, 2.24) is 15.6 Å². The zero-order chi connectivity index (χ0) is 14.4. The van der Waals surface area contributed by atoms with Crippen LogP contribution in [0.4, 0.5) is 4.79 Å². The molecule has 7 heteroatoms. The SMILES string of the molecule is O=C(NCc1ccc(C(=O)O)cc1)NCc1nccs1. The maximum Gasteiger partial charge on any atom is 0.335 e. The van der Waals surface area contributed by atoms with Crippen molar-refractivity contribution in [3.05, 3.63) is 52.0 Å². The molecule has 0 fully saturated rings. The molecule has 0 unspecified atom stereocenters. The van der Waals surface area contributed by atoms with Crippen LogP contribution in [-0.4, -0.2) is 22.1 Å². The van der Waals surface area contributed by atoms with Gasteiger partial charge >= 0.3 is 12.0 Å². The molecule has 0 saturated carbocycles. The first-order valence-electron chi connectivity index (χ1n) is 5.87. The lowest BCUT2D eigenvalue weighted by atomic mass is 10.1. The number of amides is 2. The second-order valence-corrected chi connectivity index (χ2v) is 4.94. The minimum absolute atomic E-state index is 0.224. The van der Waals surface area contributed by atoms with Crippen LogP contribution in [0.5, 0.6) is 0 Å². The normalized spacial score (nSPS) is 10.0. The molecule has 1 aromatic heterocycles. The Kier molecular flexibility index (Phi) is 4.67. The van der Waals surface area contributed by atoms with E-state index in [1.165, 1.54) is 23.5 Å². The number of carboxylic acid groups (broad SMARTS) is 1. The minimum Gasteiger partial charge on any atom is -0.478 e. The maximum atomic E-state index is 11.5. The summed E-state index contributed by atoms with van der Waals surface area (Å²) in [5.74, 6) is -0.967. The summed E-state index contributed by atoms with van der Waals surface area (Å²) < 4.78 is 0. The Morgan fingerprint density at radius 3 is 2.45 bits per heavy atom. The standard InChI is InChI=1S/C13H13N3O3S/c17-12(18)10-3-1-9(2-4-10)7-15-13(19)16-8-11-14-5-6-20-11/h1-6H,7-8H2,(H,17,18)(H2,15,16,19). The fraction of sp³-hybridized carbons (Fsp3) is 0.154. The fourth-order valence-electron chi connectivity index (χ4n) is 1.51. The number of aromatic carboxylic acids is 1. The zero-order valence-corrected chi connectivity index (χ0v) is 11.3. The van der Waals surface area contributed by atoms with Gasteiger partial charge in [0.05, 0.1) is 12.1 Å². The Hall–Kier alpha value is -2.41. The Morgan fingerprint density at radius 2 is 1.85 bits per heavy atom. The lowest BCUT2D eigenvalue weighted by Gasteiger charge is -2.06. The van der Waals surface area contributed by atoms with Gasteiger partial charge in [-0.1, -0.05) is 12.1 Å². The lowest BCUT2D eigenvalue weighted by Crippen LogP contribution is -2.34. The number of carboxylic acids is 1. The molecule has 0 radical (unpaired) electrons. The number of rotatable bonds is 5. The Morgan fingerprint density at radius 1 is 1.15 bits per heavy atom. The van der Waals surface area contributed by atoms with Gasteiger partial charge in [0, 0.05) is 18.1 Å². The number of hydrogen-bond donors (Lipinski definition) is 3. The van der Waals surface area contributed by atoms with Gasteiger partial charge in [0.25, 0.3) is 0 Å². The molecule has 2 amide bonds. The number of carbonyl (C=O) groups is 2. The fourth-order valence-corrected chi connectivity index (χ4v) is 2.06.